The van der Waals surface area contributed by atoms with E-state index in [4.69, 9.17) is 5.73 Å². The highest BCUT2D eigenvalue weighted by molar-refractivity contribution is 5.85. The zero-order valence-electron chi connectivity index (χ0n) is 8.24. The second-order valence-corrected chi connectivity index (χ2v) is 2.82. The van der Waals surface area contributed by atoms with Gasteiger partial charge in [-0.1, -0.05) is 0 Å². The number of benzene rings is 1. The molecule has 1 rings (SSSR count). The highest BCUT2D eigenvalue weighted by atomic mass is 35.5. The molecule has 90 valence electrons. The van der Waals surface area contributed by atoms with Crippen molar-refractivity contribution in [2.45, 2.75) is 6.04 Å². The highest BCUT2D eigenvalue weighted by Crippen LogP contribution is 2.27. The molecule has 0 fully saturated rings. The number of phenolic OH excluding ortho intramolecular Hbond substituents is 1. The van der Waals surface area contributed by atoms with E-state index in [1.54, 1.807) is 0 Å². The summed E-state index contributed by atoms with van der Waals surface area (Å²) in [5, 5.41) is 9.22. The summed E-state index contributed by atoms with van der Waals surface area (Å²) in [5.74, 6) is -3.68. The first-order chi connectivity index (χ1) is 6.97. The average Bonchev–Trinajstić information content (AvgIpc) is 2.14. The molecule has 0 heterocycles. The standard InChI is InChI=1S/C9H9F2NO3.ClH/c1-15-9(14)8(12)7-5(11)2-4(10)3-6(7)13;/h2-3,8,13H,12H2,1H3;1H/t8-;/m1./s1. The van der Waals surface area contributed by atoms with Gasteiger partial charge in [-0.2, -0.15) is 0 Å². The molecule has 0 aromatic heterocycles. The van der Waals surface area contributed by atoms with Crippen LogP contribution in [-0.4, -0.2) is 18.2 Å². The van der Waals surface area contributed by atoms with Crippen molar-refractivity contribution in [3.63, 3.8) is 0 Å². The zero-order chi connectivity index (χ0) is 11.6. The maximum atomic E-state index is 13.2. The van der Waals surface area contributed by atoms with Crippen LogP contribution in [0, 0.1) is 11.6 Å². The van der Waals surface area contributed by atoms with Crippen LogP contribution in [0.25, 0.3) is 0 Å². The molecule has 0 aliphatic heterocycles. The third kappa shape index (κ3) is 2.80. The van der Waals surface area contributed by atoms with E-state index in [0.717, 1.165) is 7.11 Å². The molecular weight excluding hydrogens is 244 g/mol. The molecule has 0 aliphatic rings. The number of hydrogen-bond acceptors (Lipinski definition) is 4. The fourth-order valence-corrected chi connectivity index (χ4v) is 1.12. The highest BCUT2D eigenvalue weighted by Gasteiger charge is 2.24. The second kappa shape index (κ2) is 5.62. The van der Waals surface area contributed by atoms with Crippen LogP contribution < -0.4 is 5.73 Å². The lowest BCUT2D eigenvalue weighted by Gasteiger charge is -2.12. The summed E-state index contributed by atoms with van der Waals surface area (Å²) in [5.41, 5.74) is 4.82. The van der Waals surface area contributed by atoms with Crippen LogP contribution in [-0.2, 0) is 9.53 Å². The fraction of sp³-hybridized carbons (Fsp3) is 0.222. The van der Waals surface area contributed by atoms with Gasteiger partial charge in [-0.3, -0.25) is 4.79 Å². The maximum Gasteiger partial charge on any atom is 0.327 e. The van der Waals surface area contributed by atoms with Gasteiger partial charge in [0.2, 0.25) is 0 Å². The topological polar surface area (TPSA) is 72.5 Å². The van der Waals surface area contributed by atoms with Gasteiger partial charge in [0.1, 0.15) is 23.4 Å². The molecule has 1 aromatic rings. The summed E-state index contributed by atoms with van der Waals surface area (Å²) >= 11 is 0. The molecule has 0 aliphatic carbocycles. The number of methoxy groups -OCH3 is 1. The van der Waals surface area contributed by atoms with Crippen molar-refractivity contribution in [2.75, 3.05) is 7.11 Å². The van der Waals surface area contributed by atoms with Gasteiger partial charge < -0.3 is 15.6 Å². The van der Waals surface area contributed by atoms with Gasteiger partial charge in [0.25, 0.3) is 0 Å². The zero-order valence-corrected chi connectivity index (χ0v) is 9.05. The molecule has 0 saturated carbocycles. The molecule has 4 nitrogen and oxygen atoms in total. The molecule has 0 saturated heterocycles. The Morgan fingerprint density at radius 3 is 2.50 bits per heavy atom. The molecule has 0 amide bonds. The SMILES string of the molecule is COC(=O)[C@H](N)c1c(O)cc(F)cc1F.Cl. The molecule has 16 heavy (non-hydrogen) atoms. The van der Waals surface area contributed by atoms with Crippen LogP contribution in [0.2, 0.25) is 0 Å². The Morgan fingerprint density at radius 2 is 2.06 bits per heavy atom. The average molecular weight is 254 g/mol. The first-order valence-electron chi connectivity index (χ1n) is 3.98. The number of nitrogens with two attached hydrogens (primary N) is 1. The number of hydrogen-bond donors (Lipinski definition) is 2. The molecule has 1 aromatic carbocycles. The minimum Gasteiger partial charge on any atom is -0.507 e. The summed E-state index contributed by atoms with van der Waals surface area (Å²) in [6.45, 7) is 0. The number of carbonyl (C=O) groups excluding carboxylic acids is 1. The number of halogens is 3. The Morgan fingerprint density at radius 1 is 1.50 bits per heavy atom. The van der Waals surface area contributed by atoms with Crippen LogP contribution >= 0.6 is 12.4 Å². The van der Waals surface area contributed by atoms with E-state index in [1.165, 1.54) is 0 Å². The van der Waals surface area contributed by atoms with Crippen molar-refractivity contribution in [3.05, 3.63) is 29.3 Å². The van der Waals surface area contributed by atoms with Gasteiger partial charge in [0.15, 0.2) is 0 Å². The van der Waals surface area contributed by atoms with E-state index in [1.807, 2.05) is 0 Å². The van der Waals surface area contributed by atoms with Gasteiger partial charge in [-0.15, -0.1) is 12.4 Å². The van der Waals surface area contributed by atoms with Gasteiger partial charge >= 0.3 is 5.97 Å². The smallest absolute Gasteiger partial charge is 0.327 e. The summed E-state index contributed by atoms with van der Waals surface area (Å²) in [6, 6.07) is -0.283. The Labute approximate surface area is 96.4 Å². The van der Waals surface area contributed by atoms with Gasteiger partial charge in [-0.25, -0.2) is 8.78 Å². The van der Waals surface area contributed by atoms with E-state index in [2.05, 4.69) is 4.74 Å². The van der Waals surface area contributed by atoms with Crippen molar-refractivity contribution in [1.82, 2.24) is 0 Å². The monoisotopic (exact) mass is 253 g/mol. The van der Waals surface area contributed by atoms with Crippen LogP contribution in [0.1, 0.15) is 11.6 Å². The lowest BCUT2D eigenvalue weighted by atomic mass is 10.1. The molecule has 3 N–H and O–H groups in total. The van der Waals surface area contributed by atoms with E-state index >= 15 is 0 Å². The lowest BCUT2D eigenvalue weighted by Crippen LogP contribution is -2.23. The molecule has 0 spiro atoms. The van der Waals surface area contributed by atoms with Crippen molar-refractivity contribution in [1.29, 1.82) is 0 Å². The predicted molar refractivity (Wildman–Crippen MR) is 54.2 cm³/mol. The largest absolute Gasteiger partial charge is 0.507 e. The number of esters is 1. The number of aromatic hydroxyl groups is 1. The van der Waals surface area contributed by atoms with E-state index in [9.17, 15) is 18.7 Å². The van der Waals surface area contributed by atoms with E-state index in [-0.39, 0.29) is 12.4 Å². The Kier molecular flexibility index (Phi) is 5.13. The van der Waals surface area contributed by atoms with Gasteiger partial charge in [-0.05, 0) is 0 Å². The number of carbonyl (C=O) groups is 1. The second-order valence-electron chi connectivity index (χ2n) is 2.82. The molecule has 0 bridgehead atoms. The summed E-state index contributed by atoms with van der Waals surface area (Å²) < 4.78 is 30.0. The van der Waals surface area contributed by atoms with Gasteiger partial charge in [0, 0.05) is 12.1 Å². The van der Waals surface area contributed by atoms with E-state index < -0.39 is 35.0 Å². The summed E-state index contributed by atoms with van der Waals surface area (Å²) in [6.07, 6.45) is 0. The Hall–Kier alpha value is -1.40. The molecule has 0 radical (unpaired) electrons. The van der Waals surface area contributed by atoms with Crippen LogP contribution in [0.15, 0.2) is 12.1 Å². The van der Waals surface area contributed by atoms with Crippen LogP contribution in [0.4, 0.5) is 8.78 Å². The summed E-state index contributed by atoms with van der Waals surface area (Å²) in [4.78, 5) is 11.0. The third-order valence-electron chi connectivity index (χ3n) is 1.84. The van der Waals surface area contributed by atoms with Crippen molar-refractivity contribution < 1.29 is 23.4 Å². The van der Waals surface area contributed by atoms with Crippen molar-refractivity contribution in [3.8, 4) is 5.75 Å². The normalized spacial score (nSPS) is 11.5. The van der Waals surface area contributed by atoms with E-state index in [0.29, 0.717) is 12.1 Å². The van der Waals surface area contributed by atoms with Gasteiger partial charge in [0.05, 0.1) is 12.7 Å². The predicted octanol–water partition coefficient (Wildman–Crippen LogP) is 1.26. The molecule has 1 atom stereocenters. The Bertz CT molecular complexity index is 377. The summed E-state index contributed by atoms with van der Waals surface area (Å²) in [7, 11) is 1.07. The first-order valence-corrected chi connectivity index (χ1v) is 3.98. The molecule has 7 heteroatoms. The minimum atomic E-state index is -1.48. The van der Waals surface area contributed by atoms with Crippen molar-refractivity contribution in [2.24, 2.45) is 5.73 Å². The minimum absolute atomic E-state index is 0. The number of rotatable bonds is 2. The van der Waals surface area contributed by atoms with Crippen LogP contribution in [0.3, 0.4) is 0 Å². The third-order valence-corrected chi connectivity index (χ3v) is 1.84. The Balaban J connectivity index is 0.00000225. The van der Waals surface area contributed by atoms with Crippen molar-refractivity contribution >= 4 is 18.4 Å². The first kappa shape index (κ1) is 14.6. The molecular formula is C9H10ClF2NO3. The maximum absolute atomic E-state index is 13.2. The quantitative estimate of drug-likeness (QED) is 0.779. The van der Waals surface area contributed by atoms with Crippen LogP contribution in [0.5, 0.6) is 5.75 Å². The lowest BCUT2D eigenvalue weighted by molar-refractivity contribution is -0.142. The molecule has 0 unspecified atom stereocenters. The fourth-order valence-electron chi connectivity index (χ4n) is 1.12. The number of ether oxygens (including phenoxy) is 1. The number of phenols is 1.